The molecule has 2 atom stereocenters. The van der Waals surface area contributed by atoms with Crippen LogP contribution in [0.3, 0.4) is 0 Å². The van der Waals surface area contributed by atoms with Crippen molar-refractivity contribution in [3.05, 3.63) is 23.8 Å². The Balaban J connectivity index is 2.33. The van der Waals surface area contributed by atoms with Crippen LogP contribution in [0.5, 0.6) is 5.75 Å². The Morgan fingerprint density at radius 2 is 2.13 bits per heavy atom. The molecule has 0 amide bonds. The van der Waals surface area contributed by atoms with Gasteiger partial charge in [0, 0.05) is 13.1 Å². The number of nitrogens with zero attached hydrogens (tertiary/aromatic N) is 1. The predicted molar refractivity (Wildman–Crippen MR) is 76.3 cm³/mol. The predicted octanol–water partition coefficient (Wildman–Crippen LogP) is 2.53. The van der Waals surface area contributed by atoms with E-state index in [1.54, 1.807) is 0 Å². The molecular formula is C14H16F3NO4S. The average Bonchev–Trinajstić information content (AvgIpc) is 2.52. The molecule has 1 saturated heterocycles. The van der Waals surface area contributed by atoms with Crippen LogP contribution in [0.15, 0.2) is 23.1 Å². The van der Waals surface area contributed by atoms with E-state index in [-0.39, 0.29) is 17.2 Å². The number of ether oxygens (including phenoxy) is 1. The lowest BCUT2D eigenvalue weighted by atomic mass is 10.0. The van der Waals surface area contributed by atoms with Crippen LogP contribution in [-0.4, -0.2) is 39.8 Å². The molecule has 128 valence electrons. The minimum atomic E-state index is -4.68. The van der Waals surface area contributed by atoms with E-state index in [0.29, 0.717) is 19.4 Å². The first-order valence-electron chi connectivity index (χ1n) is 6.89. The summed E-state index contributed by atoms with van der Waals surface area (Å²) >= 11 is 0. The highest BCUT2D eigenvalue weighted by Crippen LogP contribution is 2.37. The molecule has 1 N–H and O–H groups in total. The van der Waals surface area contributed by atoms with Gasteiger partial charge in [0.25, 0.3) is 0 Å². The first-order valence-corrected chi connectivity index (χ1v) is 7.99. The minimum Gasteiger partial charge on any atom is -0.497 e. The summed E-state index contributed by atoms with van der Waals surface area (Å²) < 4.78 is 58.2. The van der Waals surface area contributed by atoms with Crippen LogP contribution in [0.25, 0.3) is 0 Å². The van der Waals surface area contributed by atoms with Gasteiger partial charge in [0.05, 0.1) is 23.5 Å². The lowest BCUT2D eigenvalue weighted by Gasteiger charge is -2.30. The number of carboxylic acids is 1. The number of rotatable bonds is 4. The fourth-order valence-electron chi connectivity index (χ4n) is 2.44. The Morgan fingerprint density at radius 3 is 2.70 bits per heavy atom. The zero-order chi connectivity index (χ0) is 17.2. The van der Waals surface area contributed by atoms with Crippen LogP contribution in [0.4, 0.5) is 13.2 Å². The number of benzene rings is 1. The lowest BCUT2D eigenvalue weighted by molar-refractivity contribution is -0.143. The maximum Gasteiger partial charge on any atom is 0.417 e. The van der Waals surface area contributed by atoms with Crippen molar-refractivity contribution in [2.24, 2.45) is 5.92 Å². The van der Waals surface area contributed by atoms with E-state index in [9.17, 15) is 22.2 Å². The summed E-state index contributed by atoms with van der Waals surface area (Å²) in [5.74, 6) is -1.74. The third kappa shape index (κ3) is 4.03. The zero-order valence-corrected chi connectivity index (χ0v) is 13.1. The summed E-state index contributed by atoms with van der Waals surface area (Å²) in [5.41, 5.74) is -1.03. The molecule has 0 radical (unpaired) electrons. The van der Waals surface area contributed by atoms with E-state index >= 15 is 0 Å². The Kier molecular flexibility index (Phi) is 5.30. The fourth-order valence-corrected chi connectivity index (χ4v) is 3.88. The Labute approximate surface area is 133 Å². The van der Waals surface area contributed by atoms with Gasteiger partial charge in [-0.2, -0.15) is 13.2 Å². The number of hydrogen-bond donors (Lipinski definition) is 1. The number of alkyl halides is 3. The molecule has 0 aromatic heterocycles. The van der Waals surface area contributed by atoms with Gasteiger partial charge in [-0.25, -0.2) is 8.51 Å². The quantitative estimate of drug-likeness (QED) is 0.905. The van der Waals surface area contributed by atoms with Gasteiger partial charge >= 0.3 is 12.1 Å². The molecule has 0 spiro atoms. The van der Waals surface area contributed by atoms with Gasteiger partial charge in [-0.1, -0.05) is 0 Å². The summed E-state index contributed by atoms with van der Waals surface area (Å²) in [4.78, 5) is 10.7. The Morgan fingerprint density at radius 1 is 1.43 bits per heavy atom. The van der Waals surface area contributed by atoms with Crippen molar-refractivity contribution in [1.82, 2.24) is 4.31 Å². The highest BCUT2D eigenvalue weighted by molar-refractivity contribution is 7.82. The molecule has 0 aliphatic carbocycles. The van der Waals surface area contributed by atoms with E-state index in [2.05, 4.69) is 0 Å². The molecule has 2 unspecified atom stereocenters. The largest absolute Gasteiger partial charge is 0.497 e. The summed E-state index contributed by atoms with van der Waals surface area (Å²) in [6.07, 6.45) is -3.78. The van der Waals surface area contributed by atoms with E-state index in [0.717, 1.165) is 12.1 Å². The zero-order valence-electron chi connectivity index (χ0n) is 12.3. The molecular weight excluding hydrogens is 335 g/mol. The molecule has 1 fully saturated rings. The van der Waals surface area contributed by atoms with E-state index < -0.39 is 34.6 Å². The number of hydrogen-bond acceptors (Lipinski definition) is 3. The first kappa shape index (κ1) is 17.7. The Hall–Kier alpha value is -1.61. The second-order valence-electron chi connectivity index (χ2n) is 5.17. The van der Waals surface area contributed by atoms with Crippen molar-refractivity contribution in [1.29, 1.82) is 0 Å². The standard InChI is InChI=1S/C14H16F3NO4S/c1-22-10-4-5-12(11(7-10)14(15,16)17)23(21)18-6-2-3-9(8-18)13(19)20/h4-5,7,9H,2-3,6,8H2,1H3,(H,19,20). The van der Waals surface area contributed by atoms with Gasteiger partial charge in [-0.15, -0.1) is 0 Å². The molecule has 5 nitrogen and oxygen atoms in total. The second kappa shape index (κ2) is 6.88. The van der Waals surface area contributed by atoms with Crippen molar-refractivity contribution >= 4 is 17.0 Å². The van der Waals surface area contributed by atoms with Crippen molar-refractivity contribution in [2.75, 3.05) is 20.2 Å². The monoisotopic (exact) mass is 351 g/mol. The number of methoxy groups -OCH3 is 1. The van der Waals surface area contributed by atoms with Gasteiger partial charge in [0.2, 0.25) is 0 Å². The number of piperidine rings is 1. The van der Waals surface area contributed by atoms with E-state index in [1.165, 1.54) is 17.5 Å². The molecule has 23 heavy (non-hydrogen) atoms. The number of carboxylic acid groups (broad SMARTS) is 1. The third-order valence-corrected chi connectivity index (χ3v) is 5.18. The number of halogens is 3. The van der Waals surface area contributed by atoms with Gasteiger partial charge in [0.1, 0.15) is 16.7 Å². The molecule has 0 bridgehead atoms. The smallest absolute Gasteiger partial charge is 0.417 e. The van der Waals surface area contributed by atoms with Gasteiger partial charge in [-0.3, -0.25) is 4.79 Å². The topological polar surface area (TPSA) is 66.8 Å². The third-order valence-electron chi connectivity index (χ3n) is 3.65. The molecule has 9 heteroatoms. The summed E-state index contributed by atoms with van der Waals surface area (Å²) in [5, 5.41) is 9.04. The van der Waals surface area contributed by atoms with Gasteiger partial charge in [-0.05, 0) is 31.0 Å². The lowest BCUT2D eigenvalue weighted by Crippen LogP contribution is -2.40. The number of carbonyl (C=O) groups is 1. The Bertz CT molecular complexity index is 621. The molecule has 1 aliphatic heterocycles. The van der Waals surface area contributed by atoms with Crippen LogP contribution in [0, 0.1) is 5.92 Å². The van der Waals surface area contributed by atoms with E-state index in [1.807, 2.05) is 0 Å². The van der Waals surface area contributed by atoms with Crippen LogP contribution in [0.2, 0.25) is 0 Å². The first-order chi connectivity index (χ1) is 10.7. The highest BCUT2D eigenvalue weighted by atomic mass is 32.2. The molecule has 2 rings (SSSR count). The van der Waals surface area contributed by atoms with Crippen LogP contribution in [-0.2, 0) is 22.0 Å². The SMILES string of the molecule is COc1ccc(S(=O)N2CCCC(C(=O)O)C2)c(C(F)(F)F)c1. The fraction of sp³-hybridized carbons (Fsp3) is 0.500. The average molecular weight is 351 g/mol. The molecule has 1 aromatic rings. The number of aliphatic carboxylic acids is 1. The van der Waals surface area contributed by atoms with Crippen LogP contribution < -0.4 is 4.74 Å². The maximum atomic E-state index is 13.2. The van der Waals surface area contributed by atoms with E-state index in [4.69, 9.17) is 9.84 Å². The van der Waals surface area contributed by atoms with Crippen molar-refractivity contribution in [2.45, 2.75) is 23.9 Å². The molecule has 1 aromatic carbocycles. The summed E-state index contributed by atoms with van der Waals surface area (Å²) in [6, 6.07) is 3.22. The van der Waals surface area contributed by atoms with Gasteiger partial charge in [0.15, 0.2) is 0 Å². The van der Waals surface area contributed by atoms with Crippen LogP contribution >= 0.6 is 0 Å². The second-order valence-corrected chi connectivity index (χ2v) is 6.63. The molecule has 0 saturated carbocycles. The van der Waals surface area contributed by atoms with Crippen LogP contribution in [0.1, 0.15) is 18.4 Å². The molecule has 1 heterocycles. The van der Waals surface area contributed by atoms with Gasteiger partial charge < -0.3 is 9.84 Å². The van der Waals surface area contributed by atoms with Crippen molar-refractivity contribution in [3.8, 4) is 5.75 Å². The highest BCUT2D eigenvalue weighted by Gasteiger charge is 2.37. The normalized spacial score (nSPS) is 21.0. The van der Waals surface area contributed by atoms with Crippen molar-refractivity contribution < 1.29 is 32.0 Å². The summed E-state index contributed by atoms with van der Waals surface area (Å²) in [6.45, 7) is 0.255. The minimum absolute atomic E-state index is 0.0140. The van der Waals surface area contributed by atoms with Crippen molar-refractivity contribution in [3.63, 3.8) is 0 Å². The molecule has 1 aliphatic rings. The summed E-state index contributed by atoms with van der Waals surface area (Å²) in [7, 11) is -0.837. The maximum absolute atomic E-state index is 13.2.